The third-order valence-electron chi connectivity index (χ3n) is 3.13. The van der Waals surface area contributed by atoms with Gasteiger partial charge in [-0.15, -0.1) is 0 Å². The first-order chi connectivity index (χ1) is 10.3. The quantitative estimate of drug-likeness (QED) is 0.786. The second-order valence-corrected chi connectivity index (χ2v) is 7.52. The van der Waals surface area contributed by atoms with Crippen LogP contribution < -0.4 is 9.47 Å². The molecule has 22 heavy (non-hydrogen) atoms. The summed E-state index contributed by atoms with van der Waals surface area (Å²) in [6, 6.07) is 3.00. The predicted molar refractivity (Wildman–Crippen MR) is 86.1 cm³/mol. The molecule has 1 heterocycles. The van der Waals surface area contributed by atoms with Gasteiger partial charge >= 0.3 is 0 Å². The Bertz CT molecular complexity index is 784. The number of methoxy groups -OCH3 is 2. The first-order valence-corrected chi connectivity index (χ1v) is 8.76. The van der Waals surface area contributed by atoms with Crippen molar-refractivity contribution in [1.29, 1.82) is 0 Å². The molecule has 0 bridgehead atoms. The fraction of sp³-hybridized carbons (Fsp3) is 0.357. The molecule has 0 fully saturated rings. The summed E-state index contributed by atoms with van der Waals surface area (Å²) in [6.07, 6.45) is 2.90. The summed E-state index contributed by atoms with van der Waals surface area (Å²) in [5.41, 5.74) is 0. The van der Waals surface area contributed by atoms with E-state index in [0.29, 0.717) is 16.0 Å². The largest absolute Gasteiger partial charge is 0.496 e. The zero-order chi connectivity index (χ0) is 16.5. The van der Waals surface area contributed by atoms with E-state index in [-0.39, 0.29) is 16.6 Å². The van der Waals surface area contributed by atoms with Gasteiger partial charge in [0.2, 0.25) is 0 Å². The van der Waals surface area contributed by atoms with Crippen molar-refractivity contribution in [3.05, 3.63) is 34.8 Å². The van der Waals surface area contributed by atoms with E-state index in [1.807, 2.05) is 13.8 Å². The molecule has 1 aromatic heterocycles. The molecule has 0 aliphatic carbocycles. The van der Waals surface area contributed by atoms with Crippen LogP contribution in [0, 0.1) is 0 Å². The van der Waals surface area contributed by atoms with Crippen molar-refractivity contribution in [2.75, 3.05) is 14.2 Å². The first-order valence-electron chi connectivity index (χ1n) is 6.53. The van der Waals surface area contributed by atoms with Crippen molar-refractivity contribution in [2.24, 2.45) is 0 Å². The minimum atomic E-state index is -3.84. The summed E-state index contributed by atoms with van der Waals surface area (Å²) in [4.78, 5) is 4.15. The highest BCUT2D eigenvalue weighted by molar-refractivity contribution is 9.10. The number of ether oxygens (including phenoxy) is 2. The molecule has 0 saturated heterocycles. The van der Waals surface area contributed by atoms with Crippen LogP contribution in [-0.4, -0.2) is 31.6 Å². The lowest BCUT2D eigenvalue weighted by Crippen LogP contribution is -2.17. The molecule has 0 amide bonds. The van der Waals surface area contributed by atoms with Crippen LogP contribution in [0.25, 0.3) is 0 Å². The van der Waals surface area contributed by atoms with Gasteiger partial charge in [0.1, 0.15) is 22.2 Å². The van der Waals surface area contributed by atoms with Crippen LogP contribution in [0.2, 0.25) is 0 Å². The highest BCUT2D eigenvalue weighted by Crippen LogP contribution is 2.36. The maximum absolute atomic E-state index is 13.0. The predicted octanol–water partition coefficient (Wildman–Crippen LogP) is 3.02. The van der Waals surface area contributed by atoms with E-state index in [9.17, 15) is 8.42 Å². The van der Waals surface area contributed by atoms with Crippen molar-refractivity contribution < 1.29 is 17.9 Å². The average Bonchev–Trinajstić information content (AvgIpc) is 2.97. The first kappa shape index (κ1) is 16.8. The maximum Gasteiger partial charge on any atom is 0.272 e. The summed E-state index contributed by atoms with van der Waals surface area (Å²) in [6.45, 7) is 3.77. The van der Waals surface area contributed by atoms with E-state index >= 15 is 0 Å². The molecule has 6 nitrogen and oxygen atoms in total. The Morgan fingerprint density at radius 3 is 2.36 bits per heavy atom. The zero-order valence-corrected chi connectivity index (χ0v) is 15.1. The van der Waals surface area contributed by atoms with Gasteiger partial charge in [-0.1, -0.05) is 13.8 Å². The van der Waals surface area contributed by atoms with Crippen molar-refractivity contribution in [1.82, 2.24) is 8.96 Å². The summed E-state index contributed by atoms with van der Waals surface area (Å²) in [7, 11) is -0.942. The lowest BCUT2D eigenvalue weighted by atomic mass is 10.2. The van der Waals surface area contributed by atoms with Crippen molar-refractivity contribution in [3.8, 4) is 11.5 Å². The van der Waals surface area contributed by atoms with Crippen LogP contribution in [0.1, 0.15) is 25.6 Å². The summed E-state index contributed by atoms with van der Waals surface area (Å²) in [5.74, 6) is 1.07. The van der Waals surface area contributed by atoms with E-state index in [1.54, 1.807) is 6.07 Å². The maximum atomic E-state index is 13.0. The van der Waals surface area contributed by atoms with Gasteiger partial charge in [0.05, 0.1) is 18.7 Å². The van der Waals surface area contributed by atoms with Gasteiger partial charge in [-0.3, -0.25) is 0 Å². The van der Waals surface area contributed by atoms with Crippen LogP contribution >= 0.6 is 15.9 Å². The van der Waals surface area contributed by atoms with Crippen LogP contribution in [0.15, 0.2) is 33.9 Å². The highest BCUT2D eigenvalue weighted by Gasteiger charge is 2.27. The molecular weight excluding hydrogens is 372 g/mol. The standard InChI is InChI=1S/C14H17BrN2O4S/c1-9(2)14-16-5-6-17(14)22(18,19)13-8-11(20-3)10(15)7-12(13)21-4/h5-9H,1-4H3. The number of benzene rings is 1. The van der Waals surface area contributed by atoms with Crippen LogP contribution in [-0.2, 0) is 10.0 Å². The normalized spacial score (nSPS) is 11.7. The van der Waals surface area contributed by atoms with E-state index in [2.05, 4.69) is 20.9 Å². The molecule has 120 valence electrons. The van der Waals surface area contributed by atoms with E-state index in [4.69, 9.17) is 9.47 Å². The molecule has 0 unspecified atom stereocenters. The summed E-state index contributed by atoms with van der Waals surface area (Å²) >= 11 is 3.32. The van der Waals surface area contributed by atoms with Gasteiger partial charge < -0.3 is 9.47 Å². The van der Waals surface area contributed by atoms with E-state index in [1.165, 1.54) is 36.7 Å². The molecular formula is C14H17BrN2O4S. The number of halogens is 1. The van der Waals surface area contributed by atoms with Crippen molar-refractivity contribution >= 4 is 26.0 Å². The second kappa shape index (κ2) is 6.29. The smallest absolute Gasteiger partial charge is 0.272 e. The Morgan fingerprint density at radius 1 is 1.18 bits per heavy atom. The minimum absolute atomic E-state index is 0.0231. The minimum Gasteiger partial charge on any atom is -0.496 e. The SMILES string of the molecule is COc1cc(S(=O)(=O)n2ccnc2C(C)C)c(OC)cc1Br. The van der Waals surface area contributed by atoms with Gasteiger partial charge in [0.25, 0.3) is 10.0 Å². The molecule has 8 heteroatoms. The fourth-order valence-corrected chi connectivity index (χ4v) is 4.12. The Kier molecular flexibility index (Phi) is 4.81. The molecule has 0 radical (unpaired) electrons. The average molecular weight is 389 g/mol. The van der Waals surface area contributed by atoms with Gasteiger partial charge in [-0.25, -0.2) is 17.4 Å². The Hall–Kier alpha value is -1.54. The van der Waals surface area contributed by atoms with Crippen molar-refractivity contribution in [2.45, 2.75) is 24.7 Å². The molecule has 2 aromatic rings. The number of hydrogen-bond donors (Lipinski definition) is 0. The van der Waals surface area contributed by atoms with Crippen LogP contribution in [0.5, 0.6) is 11.5 Å². The summed E-state index contributed by atoms with van der Waals surface area (Å²) in [5, 5.41) is 0. The molecule has 0 spiro atoms. The molecule has 2 rings (SSSR count). The molecule has 1 aromatic carbocycles. The fourth-order valence-electron chi connectivity index (χ4n) is 2.05. The van der Waals surface area contributed by atoms with Crippen molar-refractivity contribution in [3.63, 3.8) is 0 Å². The number of aromatic nitrogens is 2. The van der Waals surface area contributed by atoms with E-state index in [0.717, 1.165) is 0 Å². The monoisotopic (exact) mass is 388 g/mol. The van der Waals surface area contributed by atoms with Crippen LogP contribution in [0.3, 0.4) is 0 Å². The third kappa shape index (κ3) is 2.85. The number of imidazole rings is 1. The Morgan fingerprint density at radius 2 is 1.82 bits per heavy atom. The van der Waals surface area contributed by atoms with Gasteiger partial charge in [0.15, 0.2) is 0 Å². The summed E-state index contributed by atoms with van der Waals surface area (Å²) < 4.78 is 38.1. The molecule has 0 atom stereocenters. The van der Waals surface area contributed by atoms with E-state index < -0.39 is 10.0 Å². The third-order valence-corrected chi connectivity index (χ3v) is 5.45. The topological polar surface area (TPSA) is 70.4 Å². The molecule has 0 aliphatic heterocycles. The Labute approximate surface area is 138 Å². The number of nitrogens with zero attached hydrogens (tertiary/aromatic N) is 2. The second-order valence-electron chi connectivity index (χ2n) is 4.88. The lowest BCUT2D eigenvalue weighted by molar-refractivity contribution is 0.390. The van der Waals surface area contributed by atoms with Gasteiger partial charge in [-0.05, 0) is 22.0 Å². The lowest BCUT2D eigenvalue weighted by Gasteiger charge is -2.15. The molecule has 0 aliphatic rings. The zero-order valence-electron chi connectivity index (χ0n) is 12.7. The number of hydrogen-bond acceptors (Lipinski definition) is 5. The molecule has 0 saturated carbocycles. The highest BCUT2D eigenvalue weighted by atomic mass is 79.9. The van der Waals surface area contributed by atoms with Gasteiger partial charge in [0, 0.05) is 24.4 Å². The molecule has 0 N–H and O–H groups in total. The van der Waals surface area contributed by atoms with Gasteiger partial charge in [-0.2, -0.15) is 0 Å². The van der Waals surface area contributed by atoms with Crippen LogP contribution in [0.4, 0.5) is 0 Å². The Balaban J connectivity index is 2.70. The number of rotatable bonds is 5.